The summed E-state index contributed by atoms with van der Waals surface area (Å²) in [6.45, 7) is 8.36. The maximum Gasteiger partial charge on any atom is 0.233 e. The minimum Gasteiger partial charge on any atom is -0.341 e. The van der Waals surface area contributed by atoms with Crippen molar-refractivity contribution in [3.63, 3.8) is 0 Å². The molecule has 28 heavy (non-hydrogen) atoms. The van der Waals surface area contributed by atoms with Gasteiger partial charge in [0.05, 0.1) is 17.4 Å². The van der Waals surface area contributed by atoms with Crippen LogP contribution in [0, 0.1) is 11.3 Å². The van der Waals surface area contributed by atoms with Crippen LogP contribution in [0.3, 0.4) is 0 Å². The lowest BCUT2D eigenvalue weighted by Gasteiger charge is -2.22. The minimum atomic E-state index is 0.156. The molecule has 0 spiro atoms. The third-order valence-corrected chi connectivity index (χ3v) is 5.79. The number of thioether (sulfide) groups is 1. The van der Waals surface area contributed by atoms with Crippen molar-refractivity contribution in [3.8, 4) is 6.07 Å². The van der Waals surface area contributed by atoms with Crippen molar-refractivity contribution in [2.24, 2.45) is 0 Å². The molecule has 0 bridgehead atoms. The van der Waals surface area contributed by atoms with E-state index in [1.807, 2.05) is 33.7 Å². The van der Waals surface area contributed by atoms with Gasteiger partial charge >= 0.3 is 0 Å². The average Bonchev–Trinajstić information content (AvgIpc) is 3.06. The molecule has 0 aliphatic carbocycles. The fourth-order valence-electron chi connectivity index (χ4n) is 3.23. The first-order chi connectivity index (χ1) is 13.6. The molecule has 1 amide bonds. The SMILES string of the molecule is CC(C)n1cnnc1SCC(=O)N1CCCN(Cc2ccc(C#N)cc2)CC1. The van der Waals surface area contributed by atoms with Crippen LogP contribution in [-0.4, -0.2) is 62.4 Å². The van der Waals surface area contributed by atoms with Crippen LogP contribution >= 0.6 is 11.8 Å². The number of nitriles is 1. The Morgan fingerprint density at radius 1 is 1.21 bits per heavy atom. The molecular weight excluding hydrogens is 372 g/mol. The van der Waals surface area contributed by atoms with Gasteiger partial charge in [-0.05, 0) is 38.0 Å². The van der Waals surface area contributed by atoms with Gasteiger partial charge in [0.1, 0.15) is 6.33 Å². The Morgan fingerprint density at radius 2 is 2.00 bits per heavy atom. The number of aromatic nitrogens is 3. The van der Waals surface area contributed by atoms with E-state index in [4.69, 9.17) is 5.26 Å². The first-order valence-electron chi connectivity index (χ1n) is 9.58. The number of amides is 1. The van der Waals surface area contributed by atoms with Gasteiger partial charge in [0.15, 0.2) is 5.16 Å². The van der Waals surface area contributed by atoms with Crippen LogP contribution < -0.4 is 0 Å². The van der Waals surface area contributed by atoms with Gasteiger partial charge in [-0.25, -0.2) is 0 Å². The van der Waals surface area contributed by atoms with E-state index >= 15 is 0 Å². The molecule has 0 radical (unpaired) electrons. The van der Waals surface area contributed by atoms with E-state index in [0.29, 0.717) is 11.3 Å². The third kappa shape index (κ3) is 5.33. The van der Waals surface area contributed by atoms with E-state index in [2.05, 4.69) is 35.0 Å². The lowest BCUT2D eigenvalue weighted by molar-refractivity contribution is -0.128. The highest BCUT2D eigenvalue weighted by Gasteiger charge is 2.20. The summed E-state index contributed by atoms with van der Waals surface area (Å²) in [5.74, 6) is 0.546. The summed E-state index contributed by atoms with van der Waals surface area (Å²) in [6.07, 6.45) is 2.68. The first kappa shape index (κ1) is 20.4. The molecule has 3 rings (SSSR count). The quantitative estimate of drug-likeness (QED) is 0.696. The lowest BCUT2D eigenvalue weighted by Crippen LogP contribution is -2.36. The molecule has 1 fully saturated rings. The van der Waals surface area contributed by atoms with E-state index in [9.17, 15) is 4.79 Å². The van der Waals surface area contributed by atoms with Gasteiger partial charge < -0.3 is 9.47 Å². The molecule has 0 saturated carbocycles. The second-order valence-corrected chi connectivity index (χ2v) is 8.16. The Morgan fingerprint density at radius 3 is 2.71 bits per heavy atom. The number of carbonyl (C=O) groups is 1. The van der Waals surface area contributed by atoms with Crippen molar-refractivity contribution in [1.29, 1.82) is 5.26 Å². The van der Waals surface area contributed by atoms with E-state index in [1.165, 1.54) is 17.3 Å². The molecule has 0 unspecified atom stereocenters. The second-order valence-electron chi connectivity index (χ2n) is 7.22. The second kappa shape index (κ2) is 9.71. The molecular formula is C20H26N6OS. The maximum atomic E-state index is 12.7. The molecule has 8 heteroatoms. The van der Waals surface area contributed by atoms with Crippen molar-refractivity contribution >= 4 is 17.7 Å². The average molecular weight is 399 g/mol. The Labute approximate surface area is 170 Å². The predicted molar refractivity (Wildman–Crippen MR) is 109 cm³/mol. The fraction of sp³-hybridized carbons (Fsp3) is 0.500. The highest BCUT2D eigenvalue weighted by molar-refractivity contribution is 7.99. The number of benzene rings is 1. The Hall–Kier alpha value is -2.37. The van der Waals surface area contributed by atoms with Gasteiger partial charge in [0.2, 0.25) is 5.91 Å². The largest absolute Gasteiger partial charge is 0.341 e. The Bertz CT molecular complexity index is 826. The van der Waals surface area contributed by atoms with E-state index in [0.717, 1.165) is 44.3 Å². The van der Waals surface area contributed by atoms with Crippen LogP contribution in [0.5, 0.6) is 0 Å². The lowest BCUT2D eigenvalue weighted by atomic mass is 10.1. The van der Waals surface area contributed by atoms with Gasteiger partial charge in [-0.3, -0.25) is 9.69 Å². The van der Waals surface area contributed by atoms with Crippen LogP contribution in [0.15, 0.2) is 35.7 Å². The van der Waals surface area contributed by atoms with Gasteiger partial charge in [0.25, 0.3) is 0 Å². The smallest absolute Gasteiger partial charge is 0.233 e. The van der Waals surface area contributed by atoms with Crippen molar-refractivity contribution < 1.29 is 4.79 Å². The molecule has 7 nitrogen and oxygen atoms in total. The van der Waals surface area contributed by atoms with Crippen molar-refractivity contribution in [2.75, 3.05) is 31.9 Å². The number of nitrogens with zero attached hydrogens (tertiary/aromatic N) is 6. The summed E-state index contributed by atoms with van der Waals surface area (Å²) in [5.41, 5.74) is 1.88. The van der Waals surface area contributed by atoms with E-state index in [-0.39, 0.29) is 11.9 Å². The molecule has 0 atom stereocenters. The molecule has 1 saturated heterocycles. The predicted octanol–water partition coefficient (Wildman–Crippen LogP) is 2.56. The third-order valence-electron chi connectivity index (χ3n) is 4.85. The summed E-state index contributed by atoms with van der Waals surface area (Å²) in [4.78, 5) is 17.0. The van der Waals surface area contributed by atoms with E-state index < -0.39 is 0 Å². The zero-order chi connectivity index (χ0) is 19.9. The maximum absolute atomic E-state index is 12.7. The normalized spacial score (nSPS) is 15.4. The zero-order valence-corrected chi connectivity index (χ0v) is 17.2. The summed E-state index contributed by atoms with van der Waals surface area (Å²) in [6, 6.07) is 10.2. The number of carbonyl (C=O) groups excluding carboxylic acids is 1. The highest BCUT2D eigenvalue weighted by atomic mass is 32.2. The summed E-state index contributed by atoms with van der Waals surface area (Å²) < 4.78 is 1.99. The van der Waals surface area contributed by atoms with Gasteiger partial charge in [0, 0.05) is 38.8 Å². The first-order valence-corrected chi connectivity index (χ1v) is 10.6. The summed E-state index contributed by atoms with van der Waals surface area (Å²) in [7, 11) is 0. The molecule has 1 aliphatic heterocycles. The molecule has 1 aromatic carbocycles. The van der Waals surface area contributed by atoms with Gasteiger partial charge in [-0.1, -0.05) is 23.9 Å². The van der Waals surface area contributed by atoms with Crippen LogP contribution in [0.25, 0.3) is 0 Å². The van der Waals surface area contributed by atoms with Gasteiger partial charge in [-0.2, -0.15) is 5.26 Å². The minimum absolute atomic E-state index is 0.156. The highest BCUT2D eigenvalue weighted by Crippen LogP contribution is 2.19. The van der Waals surface area contributed by atoms with Crippen LogP contribution in [0.2, 0.25) is 0 Å². The van der Waals surface area contributed by atoms with Crippen LogP contribution in [-0.2, 0) is 11.3 Å². The molecule has 1 aromatic heterocycles. The number of rotatable bonds is 6. The monoisotopic (exact) mass is 398 g/mol. The van der Waals surface area contributed by atoms with Crippen molar-refractivity contribution in [3.05, 3.63) is 41.7 Å². The van der Waals surface area contributed by atoms with E-state index in [1.54, 1.807) is 6.33 Å². The van der Waals surface area contributed by atoms with Crippen molar-refractivity contribution in [1.82, 2.24) is 24.6 Å². The van der Waals surface area contributed by atoms with Gasteiger partial charge in [-0.15, -0.1) is 10.2 Å². The zero-order valence-electron chi connectivity index (χ0n) is 16.4. The topological polar surface area (TPSA) is 78.1 Å². The fourth-order valence-corrected chi connectivity index (χ4v) is 4.18. The van der Waals surface area contributed by atoms with Crippen LogP contribution in [0.4, 0.5) is 0 Å². The Kier molecular flexibility index (Phi) is 7.06. The summed E-state index contributed by atoms with van der Waals surface area (Å²) >= 11 is 1.46. The molecule has 1 aliphatic rings. The van der Waals surface area contributed by atoms with Crippen molar-refractivity contribution in [2.45, 2.75) is 38.0 Å². The Balaban J connectivity index is 1.49. The van der Waals surface area contributed by atoms with Crippen LogP contribution in [0.1, 0.15) is 37.4 Å². The standard InChI is InChI=1S/C20H26N6OS/c1-16(2)26-15-22-23-20(26)28-14-19(27)25-9-3-8-24(10-11-25)13-18-6-4-17(12-21)5-7-18/h4-7,15-16H,3,8-11,13-14H2,1-2H3. The molecule has 148 valence electrons. The number of hydrogen-bond acceptors (Lipinski definition) is 6. The molecule has 0 N–H and O–H groups in total. The molecule has 2 aromatic rings. The number of hydrogen-bond donors (Lipinski definition) is 0. The summed E-state index contributed by atoms with van der Waals surface area (Å²) in [5, 5.41) is 17.8. The molecule has 2 heterocycles.